The maximum absolute atomic E-state index is 10.9. The number of carboxylic acid groups (broad SMARTS) is 1. The van der Waals surface area contributed by atoms with Gasteiger partial charge in [-0.1, -0.05) is 29.2 Å². The Bertz CT molecular complexity index is 811. The number of carbonyl (C=O) groups is 1. The number of nitrogens with zero attached hydrogens (tertiary/aromatic N) is 1. The van der Waals surface area contributed by atoms with Crippen LogP contribution < -0.4 is 9.03 Å². The lowest BCUT2D eigenvalue weighted by Gasteiger charge is -2.36. The van der Waals surface area contributed by atoms with E-state index in [2.05, 4.69) is 4.72 Å². The quantitative estimate of drug-likeness (QED) is 0.465. The van der Waals surface area contributed by atoms with Crippen LogP contribution in [0.3, 0.4) is 0 Å². The van der Waals surface area contributed by atoms with Crippen molar-refractivity contribution in [3.8, 4) is 5.75 Å². The highest BCUT2D eigenvalue weighted by atomic mass is 32.3. The molecule has 1 heterocycles. The molecule has 1 fully saturated rings. The monoisotopic (exact) mass is 380 g/mol. The van der Waals surface area contributed by atoms with E-state index in [-0.39, 0.29) is 23.5 Å². The highest BCUT2D eigenvalue weighted by Crippen LogP contribution is 2.49. The van der Waals surface area contributed by atoms with E-state index in [0.29, 0.717) is 12.8 Å². The summed E-state index contributed by atoms with van der Waals surface area (Å²) in [5.41, 5.74) is 2.28. The summed E-state index contributed by atoms with van der Waals surface area (Å²) in [6, 6.07) is 11.5. The molecular weight excluding hydrogens is 360 g/mol. The highest BCUT2D eigenvalue weighted by Gasteiger charge is 2.36. The highest BCUT2D eigenvalue weighted by molar-refractivity contribution is 8.24. The lowest BCUT2D eigenvalue weighted by molar-refractivity contribution is 0.0697. The van der Waals surface area contributed by atoms with Crippen molar-refractivity contribution in [1.29, 1.82) is 0 Å². The summed E-state index contributed by atoms with van der Waals surface area (Å²) in [5, 5.41) is 28.7. The van der Waals surface area contributed by atoms with Crippen molar-refractivity contribution in [2.75, 3.05) is 10.8 Å². The fraction of sp³-hybridized carbons (Fsp3) is 0.235. The molecule has 0 amide bonds. The molecule has 0 saturated carbocycles. The zero-order valence-electron chi connectivity index (χ0n) is 13.7. The van der Waals surface area contributed by atoms with Gasteiger partial charge in [-0.2, -0.15) is 4.72 Å². The lowest BCUT2D eigenvalue weighted by Crippen LogP contribution is -2.25. The topological polar surface area (TPSA) is 133 Å². The predicted molar refractivity (Wildman–Crippen MR) is 98.3 cm³/mol. The number of benzene rings is 2. The van der Waals surface area contributed by atoms with E-state index < -0.39 is 23.2 Å². The molecule has 3 rings (SSSR count). The van der Waals surface area contributed by atoms with Crippen molar-refractivity contribution < 1.29 is 29.2 Å². The average Bonchev–Trinajstić information content (AvgIpc) is 2.85. The van der Waals surface area contributed by atoms with Gasteiger partial charge in [0.25, 0.3) is 0 Å². The van der Waals surface area contributed by atoms with Crippen LogP contribution in [0.5, 0.6) is 5.75 Å². The third-order valence-electron chi connectivity index (χ3n) is 4.15. The van der Waals surface area contributed by atoms with Crippen molar-refractivity contribution in [3.05, 3.63) is 59.2 Å². The number of hydrogen-bond donors (Lipinski definition) is 6. The number of hydrogen-bond acceptors (Lipinski definition) is 7. The third-order valence-corrected chi connectivity index (χ3v) is 5.70. The number of nitrogens with one attached hydrogen (secondary N) is 1. The molecule has 2 aromatic carbocycles. The number of anilines is 1. The van der Waals surface area contributed by atoms with Gasteiger partial charge in [0, 0.05) is 0 Å². The Hall–Kier alpha value is -2.30. The number of phenols is 1. The zero-order chi connectivity index (χ0) is 18.9. The smallest absolute Gasteiger partial charge is 0.335 e. The molecule has 8 nitrogen and oxygen atoms in total. The first-order chi connectivity index (χ1) is 12.3. The molecule has 1 aliphatic heterocycles. The van der Waals surface area contributed by atoms with E-state index >= 15 is 0 Å². The Labute approximate surface area is 151 Å². The van der Waals surface area contributed by atoms with E-state index in [1.165, 1.54) is 0 Å². The van der Waals surface area contributed by atoms with Crippen molar-refractivity contribution in [1.82, 2.24) is 4.72 Å². The number of aliphatic hydroxyl groups excluding tert-OH is 1. The Kier molecular flexibility index (Phi) is 5.08. The van der Waals surface area contributed by atoms with Crippen LogP contribution in [-0.2, 0) is 12.8 Å². The van der Waals surface area contributed by atoms with E-state index in [1.54, 1.807) is 42.5 Å². The van der Waals surface area contributed by atoms with Gasteiger partial charge in [-0.15, -0.1) is 0 Å². The SMILES string of the molecule is O=C(O)c1ccc(CCc2ccc(N3CC(O)NS3(O)O)c(O)c2)cc1. The minimum Gasteiger partial charge on any atom is -0.506 e. The minimum atomic E-state index is -3.37. The maximum Gasteiger partial charge on any atom is 0.335 e. The van der Waals surface area contributed by atoms with Gasteiger partial charge in [-0.25, -0.2) is 4.79 Å². The number of rotatable bonds is 5. The van der Waals surface area contributed by atoms with E-state index in [4.69, 9.17) is 5.11 Å². The van der Waals surface area contributed by atoms with Crippen LogP contribution in [-0.4, -0.2) is 43.2 Å². The van der Waals surface area contributed by atoms with Crippen LogP contribution in [0.25, 0.3) is 0 Å². The van der Waals surface area contributed by atoms with Crippen LogP contribution in [0, 0.1) is 0 Å². The summed E-state index contributed by atoms with van der Waals surface area (Å²) < 4.78 is 23.3. The number of phenolic OH excluding ortho intramolecular Hbond substituents is 1. The molecule has 1 atom stereocenters. The van der Waals surface area contributed by atoms with Crippen molar-refractivity contribution in [3.63, 3.8) is 0 Å². The number of aryl methyl sites for hydroxylation is 2. The summed E-state index contributed by atoms with van der Waals surface area (Å²) in [7, 11) is -3.37. The van der Waals surface area contributed by atoms with E-state index in [1.807, 2.05) is 0 Å². The molecule has 0 aliphatic carbocycles. The zero-order valence-corrected chi connectivity index (χ0v) is 14.6. The number of aromatic carboxylic acids is 1. The van der Waals surface area contributed by atoms with Gasteiger partial charge in [0.15, 0.2) is 0 Å². The Morgan fingerprint density at radius 1 is 1.12 bits per heavy atom. The van der Waals surface area contributed by atoms with Crippen LogP contribution in [0.15, 0.2) is 42.5 Å². The first-order valence-corrected chi connectivity index (χ1v) is 9.42. The fourth-order valence-electron chi connectivity index (χ4n) is 2.82. The summed E-state index contributed by atoms with van der Waals surface area (Å²) >= 11 is 0. The molecule has 1 saturated heterocycles. The van der Waals surface area contributed by atoms with Gasteiger partial charge in [0.05, 0.1) is 12.1 Å². The normalized spacial score (nSPS) is 20.1. The van der Waals surface area contributed by atoms with Gasteiger partial charge < -0.3 is 15.3 Å². The van der Waals surface area contributed by atoms with Crippen molar-refractivity contribution in [2.24, 2.45) is 0 Å². The van der Waals surface area contributed by atoms with Gasteiger partial charge in [-0.05, 0) is 48.2 Å². The first-order valence-electron chi connectivity index (χ1n) is 7.91. The molecule has 0 radical (unpaired) electrons. The Morgan fingerprint density at radius 2 is 1.73 bits per heavy atom. The third kappa shape index (κ3) is 3.92. The predicted octanol–water partition coefficient (Wildman–Crippen LogP) is 2.18. The van der Waals surface area contributed by atoms with Crippen LogP contribution in [0.4, 0.5) is 5.69 Å². The van der Waals surface area contributed by atoms with Crippen molar-refractivity contribution in [2.45, 2.75) is 19.1 Å². The largest absolute Gasteiger partial charge is 0.506 e. The fourth-order valence-corrected chi connectivity index (χ4v) is 4.16. The molecule has 1 unspecified atom stereocenters. The summed E-state index contributed by atoms with van der Waals surface area (Å²) in [4.78, 5) is 10.9. The Balaban J connectivity index is 1.69. The molecule has 2 aromatic rings. The van der Waals surface area contributed by atoms with Crippen LogP contribution in [0.2, 0.25) is 0 Å². The second kappa shape index (κ2) is 7.14. The van der Waals surface area contributed by atoms with Gasteiger partial charge >= 0.3 is 5.97 Å². The Morgan fingerprint density at radius 3 is 2.27 bits per heavy atom. The molecule has 6 N–H and O–H groups in total. The molecule has 140 valence electrons. The summed E-state index contributed by atoms with van der Waals surface area (Å²) in [5.74, 6) is -1.08. The van der Waals surface area contributed by atoms with E-state index in [0.717, 1.165) is 15.4 Å². The van der Waals surface area contributed by atoms with E-state index in [9.17, 15) is 24.1 Å². The van der Waals surface area contributed by atoms with Gasteiger partial charge in [0.2, 0.25) is 0 Å². The number of aliphatic hydroxyl groups is 1. The molecule has 0 spiro atoms. The van der Waals surface area contributed by atoms with Crippen molar-refractivity contribution >= 4 is 22.6 Å². The number of aromatic hydroxyl groups is 1. The van der Waals surface area contributed by atoms with Gasteiger partial charge in [0.1, 0.15) is 17.7 Å². The lowest BCUT2D eigenvalue weighted by atomic mass is 10.0. The van der Waals surface area contributed by atoms with Crippen LogP contribution in [0.1, 0.15) is 21.5 Å². The molecule has 0 aromatic heterocycles. The standard InChI is InChI=1S/C17H20N2O6S/c20-15-9-12(2-1-11-3-6-13(7-4-11)17(22)23)5-8-14(15)19-10-16(21)18-26(19,24)25/h3-9,16,18,20-21,24-25H,1-2,10H2,(H,22,23). The van der Waals surface area contributed by atoms with Crippen LogP contribution >= 0.6 is 11.0 Å². The maximum atomic E-state index is 10.9. The van der Waals surface area contributed by atoms with Gasteiger partial charge in [-0.3, -0.25) is 13.4 Å². The first kappa shape index (κ1) is 18.5. The molecule has 26 heavy (non-hydrogen) atoms. The average molecular weight is 380 g/mol. The second-order valence-electron chi connectivity index (χ2n) is 6.04. The molecular formula is C17H20N2O6S. The molecule has 0 bridgehead atoms. The minimum absolute atomic E-state index is 0.0504. The summed E-state index contributed by atoms with van der Waals surface area (Å²) in [6.07, 6.45) is 0.197. The molecule has 9 heteroatoms. The number of carboxylic acids is 1. The summed E-state index contributed by atoms with van der Waals surface area (Å²) in [6.45, 7) is -0.0504. The molecule has 1 aliphatic rings. The number of β-amino-alcohol motifs (C(OH)–C–C–N with tert-alkyl or cyclic N) is 1. The second-order valence-corrected chi connectivity index (χ2v) is 7.75.